The van der Waals surface area contributed by atoms with E-state index < -0.39 is 5.82 Å². The van der Waals surface area contributed by atoms with E-state index in [-0.39, 0.29) is 5.75 Å². The summed E-state index contributed by atoms with van der Waals surface area (Å²) in [5, 5.41) is 5.38. The molecular formula is C28H36FN7O. The van der Waals surface area contributed by atoms with Crippen molar-refractivity contribution in [2.24, 2.45) is 4.99 Å². The Morgan fingerprint density at radius 2 is 1.97 bits per heavy atom. The molecule has 1 unspecified atom stereocenters. The number of pyridine rings is 1. The highest BCUT2D eigenvalue weighted by Crippen LogP contribution is 2.37. The number of methoxy groups -OCH3 is 1. The number of nitrogens with zero attached hydrogens (tertiary/aromatic N) is 7. The number of aromatic nitrogens is 3. The van der Waals surface area contributed by atoms with Crippen LogP contribution in [0.1, 0.15) is 26.2 Å². The minimum absolute atomic E-state index is 0.174. The molecule has 0 amide bonds. The van der Waals surface area contributed by atoms with Gasteiger partial charge in [-0.05, 0) is 64.7 Å². The van der Waals surface area contributed by atoms with Gasteiger partial charge in [0.1, 0.15) is 0 Å². The summed E-state index contributed by atoms with van der Waals surface area (Å²) >= 11 is 0. The number of rotatable bonds is 7. The lowest BCUT2D eigenvalue weighted by Crippen LogP contribution is -2.44. The van der Waals surface area contributed by atoms with Gasteiger partial charge in [0.25, 0.3) is 0 Å². The van der Waals surface area contributed by atoms with Crippen molar-refractivity contribution >= 4 is 29.6 Å². The quantitative estimate of drug-likeness (QED) is 0.441. The van der Waals surface area contributed by atoms with E-state index in [0.717, 1.165) is 35.3 Å². The Hall–Kier alpha value is -3.30. The number of likely N-dealkylation sites (tertiary alicyclic amines) is 2. The summed E-state index contributed by atoms with van der Waals surface area (Å²) in [6.07, 6.45) is 9.07. The van der Waals surface area contributed by atoms with Crippen LogP contribution in [0, 0.1) is 5.82 Å². The maximum Gasteiger partial charge on any atom is 0.167 e. The summed E-state index contributed by atoms with van der Waals surface area (Å²) in [6, 6.07) is 6.29. The van der Waals surface area contributed by atoms with E-state index in [1.807, 2.05) is 12.3 Å². The number of fused-ring (bicyclic) bond motifs is 1. The van der Waals surface area contributed by atoms with Crippen LogP contribution >= 0.6 is 0 Å². The maximum atomic E-state index is 14.3. The maximum absolute atomic E-state index is 14.3. The van der Waals surface area contributed by atoms with Crippen LogP contribution in [0.4, 0.5) is 10.2 Å². The van der Waals surface area contributed by atoms with Crippen LogP contribution < -0.4 is 4.74 Å². The molecular weight excluding hydrogens is 469 g/mol. The third-order valence-electron chi connectivity index (χ3n) is 7.94. The van der Waals surface area contributed by atoms with E-state index in [4.69, 9.17) is 4.74 Å². The summed E-state index contributed by atoms with van der Waals surface area (Å²) in [6.45, 7) is 10.4. The van der Waals surface area contributed by atoms with Gasteiger partial charge in [-0.1, -0.05) is 0 Å². The van der Waals surface area contributed by atoms with Crippen LogP contribution in [-0.2, 0) is 0 Å². The van der Waals surface area contributed by atoms with Gasteiger partial charge in [0.05, 0.1) is 18.8 Å². The van der Waals surface area contributed by atoms with Crippen LogP contribution in [0.2, 0.25) is 0 Å². The third kappa shape index (κ3) is 4.98. The molecule has 0 aliphatic carbocycles. The molecule has 0 N–H and O–H groups in total. The lowest BCUT2D eigenvalue weighted by Gasteiger charge is -2.38. The van der Waals surface area contributed by atoms with Crippen molar-refractivity contribution in [1.29, 1.82) is 0 Å². The van der Waals surface area contributed by atoms with Gasteiger partial charge < -0.3 is 14.5 Å². The predicted molar refractivity (Wildman–Crippen MR) is 147 cm³/mol. The molecule has 2 aliphatic rings. The molecule has 2 aliphatic heterocycles. The largest absolute Gasteiger partial charge is 0.494 e. The average molecular weight is 506 g/mol. The Bertz CT molecular complexity index is 1310. The first-order valence-electron chi connectivity index (χ1n) is 12.9. The Balaban J connectivity index is 1.35. The second-order valence-corrected chi connectivity index (χ2v) is 10.2. The number of benzene rings is 1. The van der Waals surface area contributed by atoms with Crippen molar-refractivity contribution in [3.05, 3.63) is 42.1 Å². The molecule has 9 heteroatoms. The number of hydrogen-bond acceptors (Lipinski definition) is 7. The lowest BCUT2D eigenvalue weighted by atomic mass is 10.0. The van der Waals surface area contributed by atoms with Gasteiger partial charge in [-0.15, -0.1) is 0 Å². The van der Waals surface area contributed by atoms with E-state index in [2.05, 4.69) is 57.5 Å². The third-order valence-corrected chi connectivity index (χ3v) is 7.94. The summed E-state index contributed by atoms with van der Waals surface area (Å²) in [4.78, 5) is 16.1. The second-order valence-electron chi connectivity index (χ2n) is 10.2. The first-order chi connectivity index (χ1) is 17.9. The molecule has 2 fully saturated rings. The second kappa shape index (κ2) is 10.6. The molecule has 2 saturated heterocycles. The average Bonchev–Trinajstić information content (AvgIpc) is 3.55. The van der Waals surface area contributed by atoms with Crippen LogP contribution in [0.15, 0.2) is 41.3 Å². The van der Waals surface area contributed by atoms with Crippen molar-refractivity contribution in [3.8, 4) is 16.9 Å². The molecule has 2 aromatic heterocycles. The number of likely N-dealkylation sites (N-methyl/N-ethyl adjacent to an activating group) is 1. The molecule has 196 valence electrons. The number of ether oxygens (including phenoxy) is 1. The molecule has 0 radical (unpaired) electrons. The molecule has 4 heterocycles. The van der Waals surface area contributed by atoms with Gasteiger partial charge in [0.2, 0.25) is 0 Å². The Morgan fingerprint density at radius 3 is 2.65 bits per heavy atom. The molecule has 5 rings (SSSR count). The van der Waals surface area contributed by atoms with Gasteiger partial charge in [0.15, 0.2) is 17.4 Å². The highest BCUT2D eigenvalue weighted by molar-refractivity contribution is 5.97. The fourth-order valence-electron chi connectivity index (χ4n) is 5.70. The summed E-state index contributed by atoms with van der Waals surface area (Å²) in [7, 11) is 5.83. The summed E-state index contributed by atoms with van der Waals surface area (Å²) < 4.78 is 21.2. The van der Waals surface area contributed by atoms with Crippen molar-refractivity contribution in [3.63, 3.8) is 0 Å². The highest BCUT2D eigenvalue weighted by Gasteiger charge is 2.31. The SMILES string of the molecule is C=Nc1c(-c2ccnc3cc(F)c(OC)cc23)cnn1/C=C(\C)N1CCC(N2CCC(N(C)C)C2)CC1. The monoisotopic (exact) mass is 505 g/mol. The fourth-order valence-corrected chi connectivity index (χ4v) is 5.70. The van der Waals surface area contributed by atoms with Crippen molar-refractivity contribution in [2.45, 2.75) is 38.3 Å². The molecule has 0 bridgehead atoms. The number of allylic oxidation sites excluding steroid dienone is 1. The predicted octanol–water partition coefficient (Wildman–Crippen LogP) is 4.50. The Kier molecular flexibility index (Phi) is 7.26. The van der Waals surface area contributed by atoms with Gasteiger partial charge in [-0.3, -0.25) is 9.88 Å². The van der Waals surface area contributed by atoms with Gasteiger partial charge in [-0.25, -0.2) is 14.1 Å². The molecule has 1 aromatic carbocycles. The summed E-state index contributed by atoms with van der Waals surface area (Å²) in [5.41, 5.74) is 3.35. The Morgan fingerprint density at radius 1 is 1.19 bits per heavy atom. The lowest BCUT2D eigenvalue weighted by molar-refractivity contribution is 0.139. The zero-order valence-electron chi connectivity index (χ0n) is 22.2. The van der Waals surface area contributed by atoms with Gasteiger partial charge >= 0.3 is 0 Å². The normalized spacial score (nSPS) is 19.8. The molecule has 37 heavy (non-hydrogen) atoms. The number of hydrogen-bond donors (Lipinski definition) is 0. The molecule has 0 spiro atoms. The zero-order chi connectivity index (χ0) is 26.1. The van der Waals surface area contributed by atoms with E-state index in [1.54, 1.807) is 23.1 Å². The number of aliphatic imine (C=N–C) groups is 1. The van der Waals surface area contributed by atoms with Crippen molar-refractivity contribution < 1.29 is 9.13 Å². The smallest absolute Gasteiger partial charge is 0.167 e. The first-order valence-corrected chi connectivity index (χ1v) is 12.9. The standard InChI is InChI=1S/C28H36FN7O/c1-19(34-11-7-20(8-12-34)35-13-9-21(18-35)33(3)4)17-36-28(30-2)24(16-32-36)22-6-10-31-26-15-25(29)27(37-5)14-23(22)26/h6,10,14-17,20-21H,2,7-9,11-13,18H2,1,3-5H3/b19-17+. The van der Waals surface area contributed by atoms with Crippen LogP contribution in [-0.4, -0.2) is 95.6 Å². The van der Waals surface area contributed by atoms with E-state index in [0.29, 0.717) is 23.4 Å². The summed E-state index contributed by atoms with van der Waals surface area (Å²) in [5.74, 6) is 0.367. The first kappa shape index (κ1) is 25.4. The number of piperidine rings is 1. The molecule has 1 atom stereocenters. The van der Waals surface area contributed by atoms with Crippen LogP contribution in [0.5, 0.6) is 5.75 Å². The van der Waals surface area contributed by atoms with Gasteiger partial charge in [-0.2, -0.15) is 5.10 Å². The fraction of sp³-hybridized carbons (Fsp3) is 0.464. The highest BCUT2D eigenvalue weighted by atomic mass is 19.1. The van der Waals surface area contributed by atoms with Gasteiger partial charge in [0, 0.05) is 73.4 Å². The Labute approximate surface area is 218 Å². The minimum atomic E-state index is -0.443. The van der Waals surface area contributed by atoms with Crippen LogP contribution in [0.25, 0.3) is 28.2 Å². The van der Waals surface area contributed by atoms with Crippen molar-refractivity contribution in [1.82, 2.24) is 29.5 Å². The zero-order valence-corrected chi connectivity index (χ0v) is 22.2. The molecule has 0 saturated carbocycles. The number of halogens is 1. The van der Waals surface area contributed by atoms with E-state index in [1.165, 1.54) is 45.5 Å². The van der Waals surface area contributed by atoms with Crippen molar-refractivity contribution in [2.75, 3.05) is 47.4 Å². The van der Waals surface area contributed by atoms with Crippen LogP contribution in [0.3, 0.4) is 0 Å². The molecule has 3 aromatic rings. The minimum Gasteiger partial charge on any atom is -0.494 e. The van der Waals surface area contributed by atoms with E-state index in [9.17, 15) is 4.39 Å². The molecule has 8 nitrogen and oxygen atoms in total. The van der Waals surface area contributed by atoms with E-state index >= 15 is 0 Å². The topological polar surface area (TPSA) is 62.0 Å².